The highest BCUT2D eigenvalue weighted by atomic mass is 32.1. The fraction of sp³-hybridized carbons (Fsp3) is 0.316. The molecule has 1 amide bonds. The summed E-state index contributed by atoms with van der Waals surface area (Å²) in [5, 5.41) is 8.67. The number of nitrogens with zero attached hydrogens (tertiary/aromatic N) is 4. The van der Waals surface area contributed by atoms with E-state index in [1.54, 1.807) is 16.0 Å². The lowest BCUT2D eigenvalue weighted by atomic mass is 9.95. The molecule has 0 saturated carbocycles. The van der Waals surface area contributed by atoms with E-state index in [-0.39, 0.29) is 0 Å². The Morgan fingerprint density at radius 2 is 2.07 bits per heavy atom. The first-order chi connectivity index (χ1) is 13.1. The second kappa shape index (κ2) is 6.17. The average molecular weight is 380 g/mol. The Hall–Kier alpha value is -2.71. The van der Waals surface area contributed by atoms with Gasteiger partial charge in [-0.05, 0) is 43.6 Å². The lowest BCUT2D eigenvalue weighted by molar-refractivity contribution is 0.100. The third-order valence-electron chi connectivity index (χ3n) is 5.21. The largest absolute Gasteiger partial charge is 0.366 e. The van der Waals surface area contributed by atoms with Gasteiger partial charge in [0.15, 0.2) is 4.96 Å². The number of rotatable bonds is 3. The number of carbonyl (C=O) groups is 1. The van der Waals surface area contributed by atoms with Gasteiger partial charge >= 0.3 is 0 Å². The predicted molar refractivity (Wildman–Crippen MR) is 106 cm³/mol. The highest BCUT2D eigenvalue weighted by molar-refractivity contribution is 7.20. The monoisotopic (exact) mass is 380 g/mol. The van der Waals surface area contributed by atoms with E-state index in [2.05, 4.69) is 27.2 Å². The van der Waals surface area contributed by atoms with E-state index in [1.165, 1.54) is 5.69 Å². The molecule has 0 atom stereocenters. The number of carbonyl (C=O) groups excluding carboxylic acids is 1. The fourth-order valence-electron chi connectivity index (χ4n) is 3.85. The molecule has 27 heavy (non-hydrogen) atoms. The number of primary amides is 1. The lowest BCUT2D eigenvalue weighted by Crippen LogP contribution is -2.26. The third-order valence-corrected chi connectivity index (χ3v) is 6.25. The number of benzene rings is 1. The average Bonchev–Trinajstić information content (AvgIpc) is 3.32. The summed E-state index contributed by atoms with van der Waals surface area (Å²) in [6.07, 6.45) is 8.40. The van der Waals surface area contributed by atoms with E-state index < -0.39 is 5.91 Å². The number of nitrogens with one attached hydrogen (secondary N) is 1. The first-order valence-corrected chi connectivity index (χ1v) is 9.87. The molecule has 0 unspecified atom stereocenters. The molecule has 1 aromatic carbocycles. The minimum absolute atomic E-state index is 0.449. The van der Waals surface area contributed by atoms with Crippen molar-refractivity contribution in [2.75, 3.05) is 13.1 Å². The molecule has 3 aromatic heterocycles. The molecule has 0 bridgehead atoms. The molecular formula is C19H20N6OS. The summed E-state index contributed by atoms with van der Waals surface area (Å²) >= 11 is 1.63. The fourth-order valence-corrected chi connectivity index (χ4v) is 4.81. The maximum Gasteiger partial charge on any atom is 0.251 e. The van der Waals surface area contributed by atoms with E-state index in [0.29, 0.717) is 17.0 Å². The Bertz CT molecular complexity index is 1130. The van der Waals surface area contributed by atoms with Gasteiger partial charge in [0.1, 0.15) is 5.52 Å². The maximum absolute atomic E-state index is 11.9. The minimum atomic E-state index is -0.463. The van der Waals surface area contributed by atoms with Crippen molar-refractivity contribution < 1.29 is 4.79 Å². The van der Waals surface area contributed by atoms with Crippen molar-refractivity contribution in [2.24, 2.45) is 12.8 Å². The number of aryl methyl sites for hydroxylation is 1. The van der Waals surface area contributed by atoms with E-state index in [4.69, 9.17) is 10.7 Å². The topological polar surface area (TPSA) is 90.2 Å². The molecule has 4 aromatic rings. The highest BCUT2D eigenvalue weighted by Crippen LogP contribution is 2.34. The summed E-state index contributed by atoms with van der Waals surface area (Å²) < 4.78 is 3.79. The van der Waals surface area contributed by atoms with Gasteiger partial charge < -0.3 is 11.1 Å². The molecule has 1 aliphatic rings. The van der Waals surface area contributed by atoms with Gasteiger partial charge in [0.05, 0.1) is 16.1 Å². The first-order valence-electron chi connectivity index (χ1n) is 9.05. The Labute approximate surface area is 159 Å². The van der Waals surface area contributed by atoms with Crippen LogP contribution in [-0.2, 0) is 7.05 Å². The van der Waals surface area contributed by atoms with Crippen LogP contribution in [-0.4, -0.2) is 38.2 Å². The Balaban J connectivity index is 1.56. The van der Waals surface area contributed by atoms with Crippen LogP contribution in [0.15, 0.2) is 30.7 Å². The van der Waals surface area contributed by atoms with Gasteiger partial charge in [-0.25, -0.2) is 4.98 Å². The van der Waals surface area contributed by atoms with E-state index in [9.17, 15) is 4.79 Å². The Morgan fingerprint density at radius 3 is 2.81 bits per heavy atom. The molecule has 3 N–H and O–H groups in total. The Kier molecular flexibility index (Phi) is 3.76. The number of hydrogen-bond donors (Lipinski definition) is 2. The summed E-state index contributed by atoms with van der Waals surface area (Å²) in [5.41, 5.74) is 8.81. The van der Waals surface area contributed by atoms with E-state index in [1.807, 2.05) is 25.4 Å². The van der Waals surface area contributed by atoms with Crippen LogP contribution >= 0.6 is 11.3 Å². The summed E-state index contributed by atoms with van der Waals surface area (Å²) in [7, 11) is 1.84. The molecule has 5 rings (SSSR count). The van der Waals surface area contributed by atoms with Crippen LogP contribution < -0.4 is 11.1 Å². The number of piperidine rings is 1. The van der Waals surface area contributed by atoms with E-state index in [0.717, 1.165) is 46.7 Å². The van der Waals surface area contributed by atoms with Crippen molar-refractivity contribution >= 4 is 33.1 Å². The third kappa shape index (κ3) is 2.81. The van der Waals surface area contributed by atoms with Gasteiger partial charge in [-0.3, -0.25) is 13.9 Å². The number of nitrogens with two attached hydrogens (primary N) is 1. The zero-order valence-electron chi connectivity index (χ0n) is 15.0. The number of imidazole rings is 1. The Morgan fingerprint density at radius 1 is 1.26 bits per heavy atom. The van der Waals surface area contributed by atoms with Crippen LogP contribution in [0, 0.1) is 0 Å². The first kappa shape index (κ1) is 16.5. The van der Waals surface area contributed by atoms with Crippen molar-refractivity contribution in [1.29, 1.82) is 0 Å². The normalized spacial score (nSPS) is 15.7. The van der Waals surface area contributed by atoms with E-state index >= 15 is 0 Å². The predicted octanol–water partition coefficient (Wildman–Crippen LogP) is 2.52. The van der Waals surface area contributed by atoms with Crippen molar-refractivity contribution in [2.45, 2.75) is 18.8 Å². The van der Waals surface area contributed by atoms with Gasteiger partial charge in [-0.15, -0.1) is 0 Å². The van der Waals surface area contributed by atoms with Crippen LogP contribution in [0.2, 0.25) is 0 Å². The molecule has 4 heterocycles. The molecule has 0 aliphatic carbocycles. The molecule has 1 saturated heterocycles. The number of thiazole rings is 1. The SMILES string of the molecule is Cn1cc2cc(-c3cn4cc(C5CCNCC5)nc4s3)cc(C(N)=O)c2n1. The number of hydrogen-bond acceptors (Lipinski definition) is 5. The van der Waals surface area contributed by atoms with Crippen molar-refractivity contribution in [3.63, 3.8) is 0 Å². The summed E-state index contributed by atoms with van der Waals surface area (Å²) in [6, 6.07) is 3.88. The molecule has 0 spiro atoms. The molecule has 1 fully saturated rings. The maximum atomic E-state index is 11.9. The van der Waals surface area contributed by atoms with Gasteiger partial charge in [0.2, 0.25) is 0 Å². The quantitative estimate of drug-likeness (QED) is 0.571. The van der Waals surface area contributed by atoms with Gasteiger partial charge in [-0.1, -0.05) is 11.3 Å². The number of aromatic nitrogens is 4. The molecule has 1 aliphatic heterocycles. The van der Waals surface area contributed by atoms with Crippen molar-refractivity contribution in [3.8, 4) is 10.4 Å². The second-order valence-electron chi connectivity index (χ2n) is 7.10. The van der Waals surface area contributed by atoms with Crippen molar-refractivity contribution in [3.05, 3.63) is 42.0 Å². The zero-order valence-corrected chi connectivity index (χ0v) is 15.8. The zero-order chi connectivity index (χ0) is 18.5. The number of fused-ring (bicyclic) bond motifs is 2. The molecular weight excluding hydrogens is 360 g/mol. The van der Waals surface area contributed by atoms with Crippen LogP contribution in [0.4, 0.5) is 0 Å². The van der Waals surface area contributed by atoms with Crippen LogP contribution in [0.1, 0.15) is 34.8 Å². The van der Waals surface area contributed by atoms with Crippen LogP contribution in [0.5, 0.6) is 0 Å². The molecule has 0 radical (unpaired) electrons. The van der Waals surface area contributed by atoms with Gasteiger partial charge in [0.25, 0.3) is 5.91 Å². The molecule has 7 nitrogen and oxygen atoms in total. The minimum Gasteiger partial charge on any atom is -0.366 e. The summed E-state index contributed by atoms with van der Waals surface area (Å²) in [6.45, 7) is 2.12. The standard InChI is InChI=1S/C19H20N6OS/c1-24-8-13-6-12(7-14(18(20)26)17(13)23-24)16-10-25-9-15(22-19(25)27-16)11-2-4-21-5-3-11/h6-11,21H,2-5H2,1H3,(H2,20,26). The van der Waals surface area contributed by atoms with Gasteiger partial charge in [0, 0.05) is 36.9 Å². The summed E-state index contributed by atoms with van der Waals surface area (Å²) in [5.74, 6) is 0.0742. The van der Waals surface area contributed by atoms with Crippen LogP contribution in [0.3, 0.4) is 0 Å². The highest BCUT2D eigenvalue weighted by Gasteiger charge is 2.20. The van der Waals surface area contributed by atoms with Crippen molar-refractivity contribution in [1.82, 2.24) is 24.5 Å². The summed E-state index contributed by atoms with van der Waals surface area (Å²) in [4.78, 5) is 18.8. The van der Waals surface area contributed by atoms with Gasteiger partial charge in [-0.2, -0.15) is 5.10 Å². The number of amides is 1. The lowest BCUT2D eigenvalue weighted by Gasteiger charge is -2.20. The second-order valence-corrected chi connectivity index (χ2v) is 8.11. The molecule has 8 heteroatoms. The van der Waals surface area contributed by atoms with Crippen LogP contribution in [0.25, 0.3) is 26.3 Å². The smallest absolute Gasteiger partial charge is 0.251 e. The molecule has 138 valence electrons.